The van der Waals surface area contributed by atoms with Gasteiger partial charge in [-0.1, -0.05) is 42.5 Å². The van der Waals surface area contributed by atoms with E-state index in [-0.39, 0.29) is 10.0 Å². The summed E-state index contributed by atoms with van der Waals surface area (Å²) >= 11 is 17.1. The first kappa shape index (κ1) is 14.8. The van der Waals surface area contributed by atoms with Gasteiger partial charge in [0.1, 0.15) is 5.82 Å². The molecule has 0 unspecified atom stereocenters. The Labute approximate surface area is 127 Å². The lowest BCUT2D eigenvalue weighted by Gasteiger charge is -2.24. The first-order valence-corrected chi connectivity index (χ1v) is 7.45. The van der Waals surface area contributed by atoms with Crippen molar-refractivity contribution in [2.75, 3.05) is 5.32 Å². The van der Waals surface area contributed by atoms with E-state index in [1.165, 1.54) is 31.4 Å². The monoisotopic (exact) mass is 320 g/mol. The molecule has 0 amide bonds. The average Bonchev–Trinajstić information content (AvgIpc) is 2.35. The smallest absolute Gasteiger partial charge is 0.171 e. The first-order chi connectivity index (χ1) is 9.06. The highest BCUT2D eigenvalue weighted by atomic mass is 35.5. The van der Waals surface area contributed by atoms with Gasteiger partial charge in [-0.25, -0.2) is 4.39 Å². The standard InChI is InChI=1S/C13H15Cl2FN2S/c14-10-6-8(16)7-11(15)12(10)18-13(19)17-9-4-2-1-3-5-9/h6-7,9H,1-5H2,(H2,17,18,19). The zero-order chi connectivity index (χ0) is 13.8. The van der Waals surface area contributed by atoms with Crippen LogP contribution in [0.3, 0.4) is 0 Å². The molecule has 1 aromatic carbocycles. The van der Waals surface area contributed by atoms with E-state index in [4.69, 9.17) is 35.4 Å². The molecule has 0 atom stereocenters. The third kappa shape index (κ3) is 4.20. The van der Waals surface area contributed by atoms with Crippen LogP contribution in [0.1, 0.15) is 32.1 Å². The van der Waals surface area contributed by atoms with Gasteiger partial charge in [0, 0.05) is 6.04 Å². The van der Waals surface area contributed by atoms with E-state index in [1.54, 1.807) is 0 Å². The number of anilines is 1. The van der Waals surface area contributed by atoms with Crippen LogP contribution in [0.25, 0.3) is 0 Å². The number of hydrogen-bond donors (Lipinski definition) is 2. The molecule has 1 aliphatic rings. The summed E-state index contributed by atoms with van der Waals surface area (Å²) in [6.07, 6.45) is 5.96. The Morgan fingerprint density at radius 3 is 2.32 bits per heavy atom. The second-order valence-corrected chi connectivity index (χ2v) is 5.90. The van der Waals surface area contributed by atoms with Crippen LogP contribution < -0.4 is 10.6 Å². The normalized spacial score (nSPS) is 16.2. The summed E-state index contributed by atoms with van der Waals surface area (Å²) in [6, 6.07) is 2.81. The van der Waals surface area contributed by atoms with Crippen LogP contribution in [0.2, 0.25) is 10.0 Å². The fourth-order valence-corrected chi connectivity index (χ4v) is 3.07. The fourth-order valence-electron chi connectivity index (χ4n) is 2.24. The van der Waals surface area contributed by atoms with Crippen molar-refractivity contribution in [1.82, 2.24) is 5.32 Å². The number of benzene rings is 1. The number of hydrogen-bond acceptors (Lipinski definition) is 1. The van der Waals surface area contributed by atoms with Crippen LogP contribution in [-0.4, -0.2) is 11.2 Å². The van der Waals surface area contributed by atoms with Gasteiger partial charge in [0.2, 0.25) is 0 Å². The van der Waals surface area contributed by atoms with E-state index in [2.05, 4.69) is 10.6 Å². The maximum Gasteiger partial charge on any atom is 0.171 e. The molecule has 0 saturated heterocycles. The third-order valence-corrected chi connectivity index (χ3v) is 4.00. The average molecular weight is 321 g/mol. The first-order valence-electron chi connectivity index (χ1n) is 6.28. The van der Waals surface area contributed by atoms with Crippen LogP contribution >= 0.6 is 35.4 Å². The van der Waals surface area contributed by atoms with Crippen LogP contribution in [0.15, 0.2) is 12.1 Å². The predicted octanol–water partition coefficient (Wildman–Crippen LogP) is 4.75. The molecule has 0 bridgehead atoms. The van der Waals surface area contributed by atoms with Gasteiger partial charge < -0.3 is 10.6 Å². The summed E-state index contributed by atoms with van der Waals surface area (Å²) in [5.41, 5.74) is 0.443. The van der Waals surface area contributed by atoms with E-state index >= 15 is 0 Å². The Morgan fingerprint density at radius 1 is 1.16 bits per heavy atom. The maximum atomic E-state index is 13.1. The summed E-state index contributed by atoms with van der Waals surface area (Å²) in [6.45, 7) is 0. The summed E-state index contributed by atoms with van der Waals surface area (Å²) in [7, 11) is 0. The SMILES string of the molecule is Fc1cc(Cl)c(NC(=S)NC2CCCCC2)c(Cl)c1. The maximum absolute atomic E-state index is 13.1. The van der Waals surface area contributed by atoms with Gasteiger partial charge in [-0.05, 0) is 37.2 Å². The lowest BCUT2D eigenvalue weighted by molar-refractivity contribution is 0.415. The highest BCUT2D eigenvalue weighted by molar-refractivity contribution is 7.80. The molecule has 19 heavy (non-hydrogen) atoms. The van der Waals surface area contributed by atoms with Gasteiger partial charge >= 0.3 is 0 Å². The van der Waals surface area contributed by atoms with E-state index in [9.17, 15) is 4.39 Å². The zero-order valence-electron chi connectivity index (χ0n) is 10.3. The summed E-state index contributed by atoms with van der Waals surface area (Å²) in [5, 5.41) is 7.10. The van der Waals surface area contributed by atoms with Crippen molar-refractivity contribution in [3.63, 3.8) is 0 Å². The van der Waals surface area contributed by atoms with Crippen molar-refractivity contribution in [2.45, 2.75) is 38.1 Å². The van der Waals surface area contributed by atoms with Crippen molar-refractivity contribution in [1.29, 1.82) is 0 Å². The van der Waals surface area contributed by atoms with Crippen LogP contribution in [0.5, 0.6) is 0 Å². The van der Waals surface area contributed by atoms with Crippen molar-refractivity contribution in [3.05, 3.63) is 28.0 Å². The molecule has 1 aliphatic carbocycles. The Balaban J connectivity index is 1.98. The molecule has 1 aromatic rings. The Morgan fingerprint density at radius 2 is 1.74 bits per heavy atom. The zero-order valence-corrected chi connectivity index (χ0v) is 12.6. The lowest BCUT2D eigenvalue weighted by Crippen LogP contribution is -2.38. The molecule has 2 N–H and O–H groups in total. The van der Waals surface area contributed by atoms with E-state index in [1.807, 2.05) is 0 Å². The van der Waals surface area contributed by atoms with Crippen molar-refractivity contribution in [3.8, 4) is 0 Å². The van der Waals surface area contributed by atoms with Gasteiger partial charge in [-0.2, -0.15) is 0 Å². The Hall–Kier alpha value is -0.580. The molecule has 0 radical (unpaired) electrons. The molecule has 0 aliphatic heterocycles. The van der Waals surface area contributed by atoms with Crippen LogP contribution in [0, 0.1) is 5.82 Å². The highest BCUT2D eigenvalue weighted by Crippen LogP contribution is 2.31. The molecule has 0 spiro atoms. The van der Waals surface area contributed by atoms with Gasteiger partial charge in [0.25, 0.3) is 0 Å². The molecule has 2 nitrogen and oxygen atoms in total. The van der Waals surface area contributed by atoms with E-state index in [0.29, 0.717) is 16.8 Å². The molecule has 2 rings (SSSR count). The van der Waals surface area contributed by atoms with Crippen molar-refractivity contribution in [2.24, 2.45) is 0 Å². The number of rotatable bonds is 2. The summed E-state index contributed by atoms with van der Waals surface area (Å²) in [5.74, 6) is -0.466. The fraction of sp³-hybridized carbons (Fsp3) is 0.462. The molecule has 0 aromatic heterocycles. The van der Waals surface area contributed by atoms with E-state index in [0.717, 1.165) is 12.8 Å². The minimum absolute atomic E-state index is 0.220. The number of thiocarbonyl (C=S) groups is 1. The largest absolute Gasteiger partial charge is 0.360 e. The van der Waals surface area contributed by atoms with Gasteiger partial charge in [0.05, 0.1) is 15.7 Å². The topological polar surface area (TPSA) is 24.1 Å². The molecular weight excluding hydrogens is 306 g/mol. The quantitative estimate of drug-likeness (QED) is 0.769. The van der Waals surface area contributed by atoms with Crippen molar-refractivity contribution >= 4 is 46.2 Å². The predicted molar refractivity (Wildman–Crippen MR) is 82.6 cm³/mol. The van der Waals surface area contributed by atoms with Gasteiger partial charge in [-0.15, -0.1) is 0 Å². The minimum Gasteiger partial charge on any atom is -0.360 e. The molecular formula is C13H15Cl2FN2S. The minimum atomic E-state index is -0.466. The Bertz CT molecular complexity index is 453. The second-order valence-electron chi connectivity index (χ2n) is 4.68. The number of nitrogens with one attached hydrogen (secondary N) is 2. The van der Waals surface area contributed by atoms with Crippen molar-refractivity contribution < 1.29 is 4.39 Å². The van der Waals surface area contributed by atoms with Crippen LogP contribution in [-0.2, 0) is 0 Å². The lowest BCUT2D eigenvalue weighted by atomic mass is 9.96. The summed E-state index contributed by atoms with van der Waals surface area (Å²) < 4.78 is 13.1. The summed E-state index contributed by atoms with van der Waals surface area (Å²) in [4.78, 5) is 0. The second kappa shape index (κ2) is 6.73. The molecule has 104 valence electrons. The number of halogens is 3. The van der Waals surface area contributed by atoms with Gasteiger partial charge in [0.15, 0.2) is 5.11 Å². The van der Waals surface area contributed by atoms with Gasteiger partial charge in [-0.3, -0.25) is 0 Å². The third-order valence-electron chi connectivity index (χ3n) is 3.19. The van der Waals surface area contributed by atoms with Crippen LogP contribution in [0.4, 0.5) is 10.1 Å². The molecule has 6 heteroatoms. The van der Waals surface area contributed by atoms with E-state index < -0.39 is 5.82 Å². The Kier molecular flexibility index (Phi) is 5.25. The molecule has 1 fully saturated rings. The molecule has 0 heterocycles. The molecule has 1 saturated carbocycles. The highest BCUT2D eigenvalue weighted by Gasteiger charge is 2.15.